The van der Waals surface area contributed by atoms with E-state index in [1.54, 1.807) is 0 Å². The van der Waals surface area contributed by atoms with Crippen LogP contribution >= 0.6 is 15.9 Å². The number of hydrogen-bond acceptors (Lipinski definition) is 3. The smallest absolute Gasteiger partial charge is 0.305 e. The van der Waals surface area contributed by atoms with Crippen LogP contribution in [0, 0.1) is 11.6 Å². The fourth-order valence-corrected chi connectivity index (χ4v) is 4.96. The average Bonchev–Trinajstić information content (AvgIpc) is 2.22. The van der Waals surface area contributed by atoms with Gasteiger partial charge in [-0.1, -0.05) is 0 Å². The van der Waals surface area contributed by atoms with Gasteiger partial charge in [0, 0.05) is 16.1 Å². The second-order valence-electron chi connectivity index (χ2n) is 5.01. The molecular weight excluding hydrogens is 372 g/mol. The molecule has 1 aromatic carbocycles. The largest absolute Gasteiger partial charge is 0.481 e. The van der Waals surface area contributed by atoms with E-state index in [1.165, 1.54) is 0 Å². The van der Waals surface area contributed by atoms with Gasteiger partial charge in [-0.05, 0) is 41.3 Å². The van der Waals surface area contributed by atoms with Crippen molar-refractivity contribution < 1.29 is 27.1 Å². The van der Waals surface area contributed by atoms with Gasteiger partial charge < -0.3 is 5.11 Å². The number of hydrogen-bond donors (Lipinski definition) is 2. The van der Waals surface area contributed by atoms with Crippen LogP contribution in [0.2, 0.25) is 0 Å². The Morgan fingerprint density at radius 2 is 2.00 bits per heavy atom. The first-order chi connectivity index (χ1) is 9.65. The van der Waals surface area contributed by atoms with Crippen molar-refractivity contribution in [3.05, 3.63) is 28.2 Å². The highest BCUT2D eigenvalue weighted by atomic mass is 79.9. The van der Waals surface area contributed by atoms with E-state index in [-0.39, 0.29) is 10.9 Å². The first kappa shape index (κ1) is 16.3. The Balaban J connectivity index is 2.37. The summed E-state index contributed by atoms with van der Waals surface area (Å²) in [5.74, 6) is -3.29. The molecule has 1 aliphatic rings. The monoisotopic (exact) mass is 383 g/mol. The summed E-state index contributed by atoms with van der Waals surface area (Å²) in [7, 11) is -4.30. The molecule has 1 saturated carbocycles. The van der Waals surface area contributed by atoms with Crippen LogP contribution in [0.4, 0.5) is 8.78 Å². The van der Waals surface area contributed by atoms with Gasteiger partial charge in [0.25, 0.3) is 0 Å². The van der Waals surface area contributed by atoms with Crippen molar-refractivity contribution in [3.8, 4) is 0 Å². The quantitative estimate of drug-likeness (QED) is 0.817. The minimum Gasteiger partial charge on any atom is -0.481 e. The number of nitrogens with one attached hydrogen (secondary N) is 1. The van der Waals surface area contributed by atoms with Crippen LogP contribution in [0.15, 0.2) is 21.5 Å². The Hall–Kier alpha value is -1.06. The van der Waals surface area contributed by atoms with Crippen molar-refractivity contribution in [2.75, 3.05) is 0 Å². The minimum absolute atomic E-state index is 0.253. The van der Waals surface area contributed by atoms with Crippen LogP contribution in [0.1, 0.15) is 25.7 Å². The van der Waals surface area contributed by atoms with E-state index >= 15 is 0 Å². The van der Waals surface area contributed by atoms with E-state index < -0.39 is 38.1 Å². The molecule has 0 saturated heterocycles. The van der Waals surface area contributed by atoms with Crippen molar-refractivity contribution in [2.45, 2.75) is 36.1 Å². The van der Waals surface area contributed by atoms with E-state index in [4.69, 9.17) is 5.11 Å². The first-order valence-corrected chi connectivity index (χ1v) is 8.33. The van der Waals surface area contributed by atoms with Crippen LogP contribution in [0.25, 0.3) is 0 Å². The molecule has 0 unspecified atom stereocenters. The number of carbonyl (C=O) groups is 1. The molecular formula is C12H12BrF2NO4S. The van der Waals surface area contributed by atoms with E-state index in [9.17, 15) is 22.0 Å². The standard InChI is InChI=1S/C12H12BrF2NO4S/c13-8-4-7(14)5-9(15)11(8)21(19,20)16-12(2-1-3-12)6-10(17)18/h4-5,16H,1-3,6H2,(H,17,18). The van der Waals surface area contributed by atoms with Crippen LogP contribution in [-0.2, 0) is 14.8 Å². The first-order valence-electron chi connectivity index (χ1n) is 6.06. The van der Waals surface area contributed by atoms with Gasteiger partial charge >= 0.3 is 5.97 Å². The van der Waals surface area contributed by atoms with Crippen LogP contribution in [-0.4, -0.2) is 25.0 Å². The Morgan fingerprint density at radius 3 is 2.43 bits per heavy atom. The fourth-order valence-electron chi connectivity index (χ4n) is 2.33. The number of rotatable bonds is 5. The van der Waals surface area contributed by atoms with Crippen molar-refractivity contribution in [1.82, 2.24) is 4.72 Å². The van der Waals surface area contributed by atoms with E-state index in [0.29, 0.717) is 25.3 Å². The van der Waals surface area contributed by atoms with Gasteiger partial charge in [-0.2, -0.15) is 0 Å². The molecule has 0 aromatic heterocycles. The van der Waals surface area contributed by atoms with Gasteiger partial charge in [0.15, 0.2) is 0 Å². The van der Waals surface area contributed by atoms with Gasteiger partial charge in [-0.25, -0.2) is 21.9 Å². The molecule has 1 aliphatic carbocycles. The summed E-state index contributed by atoms with van der Waals surface area (Å²) in [6, 6.07) is 1.30. The Kier molecular flexibility index (Phi) is 4.36. The molecule has 1 aromatic rings. The topological polar surface area (TPSA) is 83.5 Å². The molecule has 0 atom stereocenters. The summed E-state index contributed by atoms with van der Waals surface area (Å²) in [5, 5.41) is 8.86. The zero-order chi connectivity index (χ0) is 15.8. The van der Waals surface area contributed by atoms with E-state index in [2.05, 4.69) is 20.7 Å². The average molecular weight is 384 g/mol. The second-order valence-corrected chi connectivity index (χ2v) is 7.48. The maximum Gasteiger partial charge on any atom is 0.305 e. The molecule has 0 aliphatic heterocycles. The number of carboxylic acids is 1. The van der Waals surface area contributed by atoms with Crippen LogP contribution in [0.3, 0.4) is 0 Å². The van der Waals surface area contributed by atoms with Crippen molar-refractivity contribution >= 4 is 31.9 Å². The van der Waals surface area contributed by atoms with Gasteiger partial charge in [-0.15, -0.1) is 0 Å². The number of sulfonamides is 1. The summed E-state index contributed by atoms with van der Waals surface area (Å²) in [6.45, 7) is 0. The SMILES string of the molecule is O=C(O)CC1(NS(=O)(=O)c2c(F)cc(F)cc2Br)CCC1. The lowest BCUT2D eigenvalue weighted by molar-refractivity contribution is -0.139. The highest BCUT2D eigenvalue weighted by molar-refractivity contribution is 9.10. The lowest BCUT2D eigenvalue weighted by Crippen LogP contribution is -2.54. The molecule has 2 N–H and O–H groups in total. The van der Waals surface area contributed by atoms with E-state index in [0.717, 1.165) is 6.07 Å². The molecule has 9 heteroatoms. The second kappa shape index (κ2) is 5.62. The summed E-state index contributed by atoms with van der Waals surface area (Å²) < 4.78 is 53.3. The molecule has 0 spiro atoms. The normalized spacial score (nSPS) is 17.3. The minimum atomic E-state index is -4.30. The number of benzene rings is 1. The van der Waals surface area contributed by atoms with E-state index in [1.807, 2.05) is 0 Å². The lowest BCUT2D eigenvalue weighted by atomic mass is 9.75. The molecule has 2 rings (SSSR count). The Labute approximate surface area is 128 Å². The number of aliphatic carboxylic acids is 1. The number of halogens is 3. The van der Waals surface area contributed by atoms with Gasteiger partial charge in [0.05, 0.1) is 6.42 Å². The molecule has 0 heterocycles. The predicted molar refractivity (Wildman–Crippen MR) is 73.2 cm³/mol. The maximum absolute atomic E-state index is 13.8. The Morgan fingerprint density at radius 1 is 1.38 bits per heavy atom. The molecule has 1 fully saturated rings. The fraction of sp³-hybridized carbons (Fsp3) is 0.417. The predicted octanol–water partition coefficient (Wildman–Crippen LogP) is 2.40. The van der Waals surface area contributed by atoms with Crippen molar-refractivity contribution in [1.29, 1.82) is 0 Å². The maximum atomic E-state index is 13.8. The highest BCUT2D eigenvalue weighted by Gasteiger charge is 2.43. The summed E-state index contributed by atoms with van der Waals surface area (Å²) >= 11 is 2.82. The zero-order valence-corrected chi connectivity index (χ0v) is 13.1. The molecule has 21 heavy (non-hydrogen) atoms. The Bertz CT molecular complexity index is 665. The molecule has 0 bridgehead atoms. The molecule has 0 radical (unpaired) electrons. The van der Waals surface area contributed by atoms with Crippen LogP contribution < -0.4 is 4.72 Å². The van der Waals surface area contributed by atoms with Crippen molar-refractivity contribution in [3.63, 3.8) is 0 Å². The lowest BCUT2D eigenvalue weighted by Gasteiger charge is -2.41. The van der Waals surface area contributed by atoms with Crippen LogP contribution in [0.5, 0.6) is 0 Å². The van der Waals surface area contributed by atoms with Gasteiger partial charge in [0.1, 0.15) is 16.5 Å². The number of carboxylic acid groups (broad SMARTS) is 1. The third-order valence-corrected chi connectivity index (χ3v) is 5.92. The van der Waals surface area contributed by atoms with Gasteiger partial charge in [0.2, 0.25) is 10.0 Å². The third-order valence-electron chi connectivity index (χ3n) is 3.38. The summed E-state index contributed by atoms with van der Waals surface area (Å²) in [4.78, 5) is 10.1. The van der Waals surface area contributed by atoms with Crippen molar-refractivity contribution in [2.24, 2.45) is 0 Å². The molecule has 116 valence electrons. The summed E-state index contributed by atoms with van der Waals surface area (Å²) in [6.07, 6.45) is 1.02. The van der Waals surface area contributed by atoms with Gasteiger partial charge in [-0.3, -0.25) is 4.79 Å². The third kappa shape index (κ3) is 3.41. The highest BCUT2D eigenvalue weighted by Crippen LogP contribution is 2.37. The zero-order valence-electron chi connectivity index (χ0n) is 10.7. The molecule has 5 nitrogen and oxygen atoms in total. The molecule has 0 amide bonds. The summed E-state index contributed by atoms with van der Waals surface area (Å²) in [5.41, 5.74) is -1.11.